The van der Waals surface area contributed by atoms with Crippen molar-refractivity contribution in [3.05, 3.63) is 77.9 Å². The van der Waals surface area contributed by atoms with E-state index in [0.29, 0.717) is 24.1 Å². The Morgan fingerprint density at radius 2 is 2.06 bits per heavy atom. The fourth-order valence-corrected chi connectivity index (χ4v) is 5.87. The Balaban J connectivity index is 2.02. The maximum atomic E-state index is 13.5. The second kappa shape index (κ2) is 8.32. The highest BCUT2D eigenvalue weighted by molar-refractivity contribution is 7.12. The van der Waals surface area contributed by atoms with Gasteiger partial charge in [0.25, 0.3) is 5.69 Å². The summed E-state index contributed by atoms with van der Waals surface area (Å²) in [6.45, 7) is 6.05. The SMILES string of the molecule is CCc1ccc([C@H]2C(C#N)=C(N)N(c3cc([N+](=O)[O-])ccc3Cl)C3=C2C(=O)CC(C)(C)C3)s1. The average molecular weight is 483 g/mol. The molecule has 1 aromatic heterocycles. The van der Waals surface area contributed by atoms with Gasteiger partial charge >= 0.3 is 0 Å². The Hall–Kier alpha value is -3.15. The van der Waals surface area contributed by atoms with Gasteiger partial charge < -0.3 is 5.73 Å². The maximum Gasteiger partial charge on any atom is 0.271 e. The maximum absolute atomic E-state index is 13.5. The lowest BCUT2D eigenvalue weighted by molar-refractivity contribution is -0.384. The van der Waals surface area contributed by atoms with Crippen LogP contribution in [-0.2, 0) is 11.2 Å². The number of hydrogen-bond acceptors (Lipinski definition) is 7. The smallest absolute Gasteiger partial charge is 0.271 e. The van der Waals surface area contributed by atoms with Gasteiger partial charge in [0.15, 0.2) is 5.78 Å². The predicted octanol–water partition coefficient (Wildman–Crippen LogP) is 5.81. The van der Waals surface area contributed by atoms with Gasteiger partial charge in [-0.05, 0) is 36.5 Å². The molecular weight excluding hydrogens is 460 g/mol. The van der Waals surface area contributed by atoms with Crippen molar-refractivity contribution in [2.75, 3.05) is 4.90 Å². The number of allylic oxidation sites excluding steroid dienone is 3. The van der Waals surface area contributed by atoms with Crippen LogP contribution in [0.1, 0.15) is 49.3 Å². The molecule has 0 spiro atoms. The first-order valence-electron chi connectivity index (χ1n) is 10.6. The second-order valence-electron chi connectivity index (χ2n) is 9.03. The number of benzene rings is 1. The van der Waals surface area contributed by atoms with Gasteiger partial charge in [-0.2, -0.15) is 5.26 Å². The number of Topliss-reactive ketones (excluding diaryl/α,β-unsaturated/α-hetero) is 1. The van der Waals surface area contributed by atoms with Crippen LogP contribution in [-0.4, -0.2) is 10.7 Å². The molecule has 0 amide bonds. The van der Waals surface area contributed by atoms with Crippen LogP contribution in [0.4, 0.5) is 11.4 Å². The van der Waals surface area contributed by atoms with E-state index < -0.39 is 10.8 Å². The molecule has 170 valence electrons. The molecular formula is C24H23ClN4O3S. The van der Waals surface area contributed by atoms with Gasteiger partial charge in [-0.15, -0.1) is 11.3 Å². The van der Waals surface area contributed by atoms with Gasteiger partial charge in [0.05, 0.1) is 33.2 Å². The normalized spacial score (nSPS) is 20.0. The molecule has 0 saturated carbocycles. The summed E-state index contributed by atoms with van der Waals surface area (Å²) >= 11 is 8.04. The number of carbonyl (C=O) groups excluding carboxylic acids is 1. The van der Waals surface area contributed by atoms with Gasteiger partial charge in [-0.25, -0.2) is 0 Å². The van der Waals surface area contributed by atoms with Crippen LogP contribution in [0.3, 0.4) is 0 Å². The third-order valence-electron chi connectivity index (χ3n) is 6.08. The first-order valence-corrected chi connectivity index (χ1v) is 11.8. The van der Waals surface area contributed by atoms with E-state index in [-0.39, 0.29) is 39.0 Å². The number of nitriles is 1. The number of carbonyl (C=O) groups is 1. The summed E-state index contributed by atoms with van der Waals surface area (Å²) in [5, 5.41) is 21.8. The number of nitro benzene ring substituents is 1. The number of rotatable bonds is 4. The minimum absolute atomic E-state index is 0.0514. The Kier molecular flexibility index (Phi) is 5.81. The lowest BCUT2D eigenvalue weighted by Crippen LogP contribution is -2.42. The Morgan fingerprint density at radius 1 is 1.33 bits per heavy atom. The van der Waals surface area contributed by atoms with Gasteiger partial charge in [-0.3, -0.25) is 19.8 Å². The highest BCUT2D eigenvalue weighted by Crippen LogP contribution is 2.52. The molecule has 2 aliphatic rings. The van der Waals surface area contributed by atoms with E-state index in [2.05, 4.69) is 13.0 Å². The molecule has 0 saturated heterocycles. The Morgan fingerprint density at radius 3 is 2.67 bits per heavy atom. The zero-order valence-electron chi connectivity index (χ0n) is 18.5. The average Bonchev–Trinajstić information content (AvgIpc) is 3.22. The molecule has 0 unspecified atom stereocenters. The third-order valence-corrected chi connectivity index (χ3v) is 7.69. The molecule has 2 heterocycles. The quantitative estimate of drug-likeness (QED) is 0.434. The van der Waals surface area contributed by atoms with Crippen molar-refractivity contribution < 1.29 is 9.72 Å². The van der Waals surface area contributed by atoms with Crippen LogP contribution in [0.5, 0.6) is 0 Å². The van der Waals surface area contributed by atoms with Crippen LogP contribution in [0.25, 0.3) is 0 Å². The van der Waals surface area contributed by atoms with Gasteiger partial charge in [0.1, 0.15) is 5.82 Å². The fraction of sp³-hybridized carbons (Fsp3) is 0.333. The summed E-state index contributed by atoms with van der Waals surface area (Å²) in [6.07, 6.45) is 1.69. The summed E-state index contributed by atoms with van der Waals surface area (Å²) in [4.78, 5) is 28.1. The van der Waals surface area contributed by atoms with Gasteiger partial charge in [-0.1, -0.05) is 32.4 Å². The highest BCUT2D eigenvalue weighted by atomic mass is 35.5. The van der Waals surface area contributed by atoms with Crippen molar-refractivity contribution in [1.29, 1.82) is 5.26 Å². The predicted molar refractivity (Wildman–Crippen MR) is 129 cm³/mol. The molecule has 0 bridgehead atoms. The van der Waals surface area contributed by atoms with Crippen molar-refractivity contribution >= 4 is 40.1 Å². The lowest BCUT2D eigenvalue weighted by atomic mass is 9.69. The third kappa shape index (κ3) is 3.92. The number of thiophene rings is 1. The number of aryl methyl sites for hydroxylation is 1. The first-order chi connectivity index (χ1) is 15.6. The Bertz CT molecular complexity index is 1280. The summed E-state index contributed by atoms with van der Waals surface area (Å²) in [5.41, 5.74) is 7.78. The van der Waals surface area contributed by atoms with E-state index >= 15 is 0 Å². The Labute approximate surface area is 200 Å². The van der Waals surface area contributed by atoms with E-state index in [0.717, 1.165) is 16.2 Å². The summed E-state index contributed by atoms with van der Waals surface area (Å²) in [5.74, 6) is -0.474. The summed E-state index contributed by atoms with van der Waals surface area (Å²) in [6, 6.07) is 10.3. The van der Waals surface area contributed by atoms with Crippen molar-refractivity contribution in [2.45, 2.75) is 46.0 Å². The van der Waals surface area contributed by atoms with E-state index in [4.69, 9.17) is 17.3 Å². The number of nitro groups is 1. The molecule has 1 atom stereocenters. The largest absolute Gasteiger partial charge is 0.384 e. The van der Waals surface area contributed by atoms with Crippen molar-refractivity contribution in [3.8, 4) is 6.07 Å². The van der Waals surface area contributed by atoms with Crippen molar-refractivity contribution in [3.63, 3.8) is 0 Å². The molecule has 0 fully saturated rings. The summed E-state index contributed by atoms with van der Waals surface area (Å²) < 4.78 is 0. The van der Waals surface area contributed by atoms with Crippen LogP contribution >= 0.6 is 22.9 Å². The number of halogens is 1. The van der Waals surface area contributed by atoms with Crippen molar-refractivity contribution in [2.24, 2.45) is 11.1 Å². The fourth-order valence-electron chi connectivity index (χ4n) is 4.59. The zero-order chi connectivity index (χ0) is 24.1. The topological polar surface area (TPSA) is 113 Å². The van der Waals surface area contributed by atoms with E-state index in [1.165, 1.54) is 18.2 Å². The second-order valence-corrected chi connectivity index (χ2v) is 10.6. The minimum atomic E-state index is -0.562. The minimum Gasteiger partial charge on any atom is -0.384 e. The molecule has 9 heteroatoms. The first kappa shape index (κ1) is 23.0. The molecule has 1 aromatic carbocycles. The van der Waals surface area contributed by atoms with E-state index in [9.17, 15) is 20.2 Å². The molecule has 7 nitrogen and oxygen atoms in total. The number of anilines is 1. The van der Waals surface area contributed by atoms with Crippen LogP contribution in [0, 0.1) is 26.9 Å². The molecule has 0 radical (unpaired) electrons. The molecule has 33 heavy (non-hydrogen) atoms. The molecule has 2 aromatic rings. The summed E-state index contributed by atoms with van der Waals surface area (Å²) in [7, 11) is 0. The number of non-ortho nitro benzene ring substituents is 1. The van der Waals surface area contributed by atoms with Crippen LogP contribution in [0.2, 0.25) is 5.02 Å². The molecule has 2 N–H and O–H groups in total. The number of nitrogens with two attached hydrogens (primary N) is 1. The monoisotopic (exact) mass is 482 g/mol. The van der Waals surface area contributed by atoms with E-state index in [1.54, 1.807) is 16.2 Å². The molecule has 1 aliphatic carbocycles. The standard InChI is InChI=1S/C24H23ClN4O3S/c1-4-14-6-8-20(33-14)21-15(12-26)23(27)28(17-9-13(29(31)32)5-7-16(17)25)18-10-24(2,3)11-19(30)22(18)21/h5-9,21H,4,10-11,27H2,1-3H3/t21-/m1/s1. The zero-order valence-corrected chi connectivity index (χ0v) is 20.1. The van der Waals surface area contributed by atoms with Gasteiger partial charge in [0.2, 0.25) is 0 Å². The van der Waals surface area contributed by atoms with Crippen molar-refractivity contribution in [1.82, 2.24) is 0 Å². The highest BCUT2D eigenvalue weighted by Gasteiger charge is 2.45. The molecule has 4 rings (SSSR count). The number of hydrogen-bond donors (Lipinski definition) is 1. The molecule has 1 aliphatic heterocycles. The van der Waals surface area contributed by atoms with E-state index in [1.807, 2.05) is 26.0 Å². The van der Waals surface area contributed by atoms with Crippen LogP contribution < -0.4 is 10.6 Å². The number of ketones is 1. The van der Waals surface area contributed by atoms with Crippen LogP contribution in [0.15, 0.2) is 53.0 Å². The van der Waals surface area contributed by atoms with Gasteiger partial charge in [0, 0.05) is 39.6 Å². The number of nitrogens with zero attached hydrogens (tertiary/aromatic N) is 3. The lowest BCUT2D eigenvalue weighted by Gasteiger charge is -2.43.